The Labute approximate surface area is 125 Å². The Morgan fingerprint density at radius 2 is 1.90 bits per heavy atom. The molecule has 0 aliphatic carbocycles. The minimum Gasteiger partial charge on any atom is -0.477 e. The Morgan fingerprint density at radius 3 is 2.45 bits per heavy atom. The van der Waals surface area contributed by atoms with Crippen LogP contribution in [0.5, 0.6) is 0 Å². The molecule has 0 aliphatic rings. The Balaban J connectivity index is 1.94. The van der Waals surface area contributed by atoms with Crippen molar-refractivity contribution in [2.75, 3.05) is 0 Å². The summed E-state index contributed by atoms with van der Waals surface area (Å²) in [5.74, 6) is -1.22. The van der Waals surface area contributed by atoms with E-state index in [0.29, 0.717) is 4.88 Å². The number of nitrogens with one attached hydrogen (secondary N) is 1. The highest BCUT2D eigenvalue weighted by molar-refractivity contribution is 7.15. The minimum atomic E-state index is -1.00. The van der Waals surface area contributed by atoms with Crippen LogP contribution in [0.15, 0.2) is 24.3 Å². The minimum absolute atomic E-state index is 0.0101. The molecule has 1 amide bonds. The molecular formula is C14H15NO3S2. The van der Waals surface area contributed by atoms with Gasteiger partial charge in [-0.3, -0.25) is 4.79 Å². The standard InChI is InChI=1S/C14H15NO3S2/c1-8(7-10-4-3-9(2)19-10)15-13(16)11-5-6-12(20-11)14(17)18/h3-6,8H,7H2,1-2H3,(H,15,16)(H,17,18). The van der Waals surface area contributed by atoms with Crippen LogP contribution in [0.1, 0.15) is 36.0 Å². The quantitative estimate of drug-likeness (QED) is 0.891. The predicted molar refractivity (Wildman–Crippen MR) is 81.0 cm³/mol. The van der Waals surface area contributed by atoms with Crippen LogP contribution >= 0.6 is 22.7 Å². The number of hydrogen-bond acceptors (Lipinski definition) is 4. The van der Waals surface area contributed by atoms with Crippen molar-refractivity contribution in [2.24, 2.45) is 0 Å². The van der Waals surface area contributed by atoms with Crippen molar-refractivity contribution in [1.82, 2.24) is 5.32 Å². The molecule has 1 atom stereocenters. The third-order valence-electron chi connectivity index (χ3n) is 2.72. The van der Waals surface area contributed by atoms with E-state index in [0.717, 1.165) is 17.8 Å². The van der Waals surface area contributed by atoms with Gasteiger partial charge in [-0.1, -0.05) is 0 Å². The Kier molecular flexibility index (Phi) is 4.57. The SMILES string of the molecule is Cc1ccc(CC(C)NC(=O)c2ccc(C(=O)O)s2)s1. The van der Waals surface area contributed by atoms with Crippen molar-refractivity contribution >= 4 is 34.6 Å². The summed E-state index contributed by atoms with van der Waals surface area (Å²) in [5.41, 5.74) is 0. The molecule has 1 unspecified atom stereocenters. The van der Waals surface area contributed by atoms with Gasteiger partial charge in [0.15, 0.2) is 0 Å². The highest BCUT2D eigenvalue weighted by atomic mass is 32.1. The number of thiophene rings is 2. The normalized spacial score (nSPS) is 12.1. The molecule has 2 aromatic rings. The number of aryl methyl sites for hydroxylation is 1. The average molecular weight is 309 g/mol. The van der Waals surface area contributed by atoms with E-state index in [1.54, 1.807) is 17.4 Å². The lowest BCUT2D eigenvalue weighted by Gasteiger charge is -2.11. The zero-order valence-electron chi connectivity index (χ0n) is 11.2. The van der Waals surface area contributed by atoms with E-state index in [-0.39, 0.29) is 16.8 Å². The third kappa shape index (κ3) is 3.68. The summed E-state index contributed by atoms with van der Waals surface area (Å²) < 4.78 is 0. The maximum Gasteiger partial charge on any atom is 0.345 e. The Bertz CT molecular complexity index is 630. The van der Waals surface area contributed by atoms with Crippen LogP contribution in [-0.4, -0.2) is 23.0 Å². The van der Waals surface area contributed by atoms with Gasteiger partial charge in [0.2, 0.25) is 0 Å². The van der Waals surface area contributed by atoms with Gasteiger partial charge in [-0.2, -0.15) is 0 Å². The first kappa shape index (κ1) is 14.7. The van der Waals surface area contributed by atoms with Gasteiger partial charge in [-0.25, -0.2) is 4.79 Å². The first-order valence-corrected chi connectivity index (χ1v) is 7.78. The van der Waals surface area contributed by atoms with Gasteiger partial charge in [-0.05, 0) is 38.1 Å². The topological polar surface area (TPSA) is 66.4 Å². The smallest absolute Gasteiger partial charge is 0.345 e. The molecule has 106 valence electrons. The van der Waals surface area contributed by atoms with E-state index < -0.39 is 5.97 Å². The molecule has 6 heteroatoms. The van der Waals surface area contributed by atoms with Crippen molar-refractivity contribution in [3.05, 3.63) is 43.8 Å². The van der Waals surface area contributed by atoms with Crippen LogP contribution in [0.25, 0.3) is 0 Å². The number of rotatable bonds is 5. The number of hydrogen-bond donors (Lipinski definition) is 2. The molecule has 0 saturated heterocycles. The van der Waals surface area contributed by atoms with Gasteiger partial charge in [0.1, 0.15) is 4.88 Å². The van der Waals surface area contributed by atoms with E-state index in [4.69, 9.17) is 5.11 Å². The largest absolute Gasteiger partial charge is 0.477 e. The fourth-order valence-corrected chi connectivity index (χ4v) is 3.58. The number of carbonyl (C=O) groups is 2. The maximum atomic E-state index is 12.0. The van der Waals surface area contributed by atoms with Gasteiger partial charge >= 0.3 is 5.97 Å². The fraction of sp³-hybridized carbons (Fsp3) is 0.286. The summed E-state index contributed by atoms with van der Waals surface area (Å²) in [6.07, 6.45) is 0.779. The first-order valence-electron chi connectivity index (χ1n) is 6.15. The highest BCUT2D eigenvalue weighted by Gasteiger charge is 2.15. The number of carboxylic acid groups (broad SMARTS) is 1. The summed E-state index contributed by atoms with van der Waals surface area (Å²) in [7, 11) is 0. The van der Waals surface area contributed by atoms with Crippen LogP contribution in [0.3, 0.4) is 0 Å². The fourth-order valence-electron chi connectivity index (χ4n) is 1.82. The summed E-state index contributed by atoms with van der Waals surface area (Å²) in [5, 5.41) is 11.7. The summed E-state index contributed by atoms with van der Waals surface area (Å²) in [6, 6.07) is 7.14. The van der Waals surface area contributed by atoms with Gasteiger partial charge in [0.05, 0.1) is 4.88 Å². The van der Waals surface area contributed by atoms with Crippen molar-refractivity contribution in [1.29, 1.82) is 0 Å². The number of carboxylic acids is 1. The van der Waals surface area contributed by atoms with Crippen molar-refractivity contribution in [3.8, 4) is 0 Å². The molecule has 0 aliphatic heterocycles. The van der Waals surface area contributed by atoms with Gasteiger partial charge in [0, 0.05) is 22.2 Å². The average Bonchev–Trinajstić information content (AvgIpc) is 2.98. The lowest BCUT2D eigenvalue weighted by molar-refractivity contribution is 0.0702. The van der Waals surface area contributed by atoms with E-state index >= 15 is 0 Å². The Morgan fingerprint density at radius 1 is 1.20 bits per heavy atom. The molecule has 0 bridgehead atoms. The molecule has 2 aromatic heterocycles. The third-order valence-corrected chi connectivity index (χ3v) is 4.82. The zero-order chi connectivity index (χ0) is 14.7. The molecule has 20 heavy (non-hydrogen) atoms. The maximum absolute atomic E-state index is 12.0. The van der Waals surface area contributed by atoms with E-state index in [9.17, 15) is 9.59 Å². The highest BCUT2D eigenvalue weighted by Crippen LogP contribution is 2.18. The second-order valence-corrected chi connectivity index (χ2v) is 7.02. The van der Waals surface area contributed by atoms with Gasteiger partial charge in [0.25, 0.3) is 5.91 Å². The molecule has 0 saturated carbocycles. The van der Waals surface area contributed by atoms with Gasteiger partial charge < -0.3 is 10.4 Å². The van der Waals surface area contributed by atoms with Crippen molar-refractivity contribution in [2.45, 2.75) is 26.3 Å². The van der Waals surface area contributed by atoms with Crippen LogP contribution in [0.2, 0.25) is 0 Å². The molecule has 2 heterocycles. The van der Waals surface area contributed by atoms with Crippen LogP contribution < -0.4 is 5.32 Å². The van der Waals surface area contributed by atoms with E-state index in [1.807, 2.05) is 6.92 Å². The van der Waals surface area contributed by atoms with Crippen LogP contribution in [0.4, 0.5) is 0 Å². The molecular weight excluding hydrogens is 294 g/mol. The first-order chi connectivity index (χ1) is 9.45. The van der Waals surface area contributed by atoms with Crippen LogP contribution in [0, 0.1) is 6.92 Å². The summed E-state index contributed by atoms with van der Waals surface area (Å²) >= 11 is 2.71. The van der Waals surface area contributed by atoms with E-state index in [2.05, 4.69) is 24.4 Å². The van der Waals surface area contributed by atoms with Gasteiger partial charge in [-0.15, -0.1) is 22.7 Å². The molecule has 2 N–H and O–H groups in total. The van der Waals surface area contributed by atoms with Crippen molar-refractivity contribution < 1.29 is 14.7 Å². The molecule has 2 rings (SSSR count). The molecule has 0 fully saturated rings. The second kappa shape index (κ2) is 6.19. The van der Waals surface area contributed by atoms with E-state index in [1.165, 1.54) is 15.8 Å². The number of aromatic carboxylic acids is 1. The molecule has 0 radical (unpaired) electrons. The number of amides is 1. The van der Waals surface area contributed by atoms with Crippen LogP contribution in [-0.2, 0) is 6.42 Å². The molecule has 0 spiro atoms. The second-order valence-electron chi connectivity index (χ2n) is 4.56. The number of carbonyl (C=O) groups excluding carboxylic acids is 1. The molecule has 4 nitrogen and oxygen atoms in total. The summed E-state index contributed by atoms with van der Waals surface area (Å²) in [4.78, 5) is 25.9. The zero-order valence-corrected chi connectivity index (χ0v) is 12.8. The lowest BCUT2D eigenvalue weighted by atomic mass is 10.2. The monoisotopic (exact) mass is 309 g/mol. The van der Waals surface area contributed by atoms with Crippen molar-refractivity contribution in [3.63, 3.8) is 0 Å². The lowest BCUT2D eigenvalue weighted by Crippen LogP contribution is -2.33. The summed E-state index contributed by atoms with van der Waals surface area (Å²) in [6.45, 7) is 4.00. The Hall–Kier alpha value is -1.66. The predicted octanol–water partition coefficient (Wildman–Crippen LogP) is 3.18. The molecule has 0 aromatic carbocycles.